The zero-order chi connectivity index (χ0) is 32.9. The smallest absolute Gasteiger partial charge is 0.421 e. The molecule has 49 heavy (non-hydrogen) atoms. The Balaban J connectivity index is 0.00000348. The second kappa shape index (κ2) is 11.1. The van der Waals surface area contributed by atoms with Crippen LogP contribution in [0.4, 0.5) is 23.3 Å². The number of rotatable bonds is 2. The zero-order valence-electron chi connectivity index (χ0n) is 24.9. The van der Waals surface area contributed by atoms with Crippen LogP contribution in [0.15, 0.2) is 118 Å². The maximum atomic E-state index is 12.1. The van der Waals surface area contributed by atoms with Crippen molar-refractivity contribution in [2.45, 2.75) is 12.3 Å². The molecular formula is C32H26CuN8O6S2. The van der Waals surface area contributed by atoms with E-state index in [9.17, 15) is 25.9 Å². The molecule has 9 rings (SSSR count). The van der Waals surface area contributed by atoms with E-state index in [4.69, 9.17) is 9.97 Å². The number of hydrogen-bond donors (Lipinski definition) is 8. The monoisotopic (exact) mass is 745 g/mol. The first-order valence-electron chi connectivity index (χ1n) is 15.0. The largest absolute Gasteiger partial charge is 2.00 e. The second-order valence-electron chi connectivity index (χ2n) is 12.0. The Morgan fingerprint density at radius 3 is 1.31 bits per heavy atom. The van der Waals surface area contributed by atoms with Crippen molar-refractivity contribution in [3.8, 4) is 0 Å². The van der Waals surface area contributed by atoms with Crippen LogP contribution in [0.5, 0.6) is 0 Å². The standard InChI is InChI=1S/C32H26N8O6S2.Cu/c41-47(42,43)15-9-11-21-23(13-15)31-37-27-19-7-3-4-8-20(19)28(34-27)38-32-24-14-16(48(44,45)46)10-12-22(24)30(40-32)36-26-18-6-2-1-5-17(18)25(33-26)35-29(21)39-31;/h1-14,21-22,29-30,35-40H,(H,41,42,43)(H,44,45,46);/q-2;+2. The Labute approximate surface area is 290 Å². The van der Waals surface area contributed by atoms with Gasteiger partial charge in [0.1, 0.15) is 0 Å². The van der Waals surface area contributed by atoms with E-state index in [1.54, 1.807) is 12.2 Å². The predicted molar refractivity (Wildman–Crippen MR) is 181 cm³/mol. The summed E-state index contributed by atoms with van der Waals surface area (Å²) >= 11 is 0. The summed E-state index contributed by atoms with van der Waals surface area (Å²) in [6, 6.07) is 15.2. The molecule has 2 aromatic carbocycles. The first kappa shape index (κ1) is 31.4. The van der Waals surface area contributed by atoms with Crippen LogP contribution >= 0.6 is 0 Å². The summed E-state index contributed by atoms with van der Waals surface area (Å²) in [6.45, 7) is 0. The summed E-state index contributed by atoms with van der Waals surface area (Å²) in [5.74, 6) is 2.37. The molecule has 1 radical (unpaired) electrons. The molecule has 17 heteroatoms. The third kappa shape index (κ3) is 5.13. The molecule has 2 aromatic heterocycles. The molecule has 4 aromatic rings. The third-order valence-electron chi connectivity index (χ3n) is 9.13. The van der Waals surface area contributed by atoms with Crippen molar-refractivity contribution in [1.29, 1.82) is 0 Å². The van der Waals surface area contributed by atoms with Gasteiger partial charge in [0, 0.05) is 35.1 Å². The van der Waals surface area contributed by atoms with Gasteiger partial charge in [-0.15, -0.1) is 0 Å². The summed E-state index contributed by atoms with van der Waals surface area (Å²) in [4.78, 5) is 9.36. The molecule has 0 amide bonds. The maximum absolute atomic E-state index is 12.1. The van der Waals surface area contributed by atoms with Gasteiger partial charge in [0.05, 0.1) is 33.8 Å². The summed E-state index contributed by atoms with van der Waals surface area (Å²) in [7, 11) is -8.96. The minimum Gasteiger partial charge on any atom is -0.421 e. The minimum absolute atomic E-state index is 0. The zero-order valence-corrected chi connectivity index (χ0v) is 27.5. The van der Waals surface area contributed by atoms with Gasteiger partial charge in [-0.3, -0.25) is 9.11 Å². The van der Waals surface area contributed by atoms with Crippen molar-refractivity contribution in [2.24, 2.45) is 11.8 Å². The van der Waals surface area contributed by atoms with E-state index in [1.165, 1.54) is 24.3 Å². The van der Waals surface area contributed by atoms with Crippen molar-refractivity contribution in [2.75, 3.05) is 21.3 Å². The summed E-state index contributed by atoms with van der Waals surface area (Å²) in [6.07, 6.45) is 8.16. The van der Waals surface area contributed by atoms with Crippen molar-refractivity contribution in [1.82, 2.24) is 20.6 Å². The van der Waals surface area contributed by atoms with Crippen molar-refractivity contribution in [3.63, 3.8) is 0 Å². The SMILES string of the molecule is O=S(=O)(O)C1=CC2=C3Nc4[n-]c(c5ccccc45)NC4=C5C=C(S(=O)(=O)O)C=CC5C(N4)Nc4[n-]c(c5ccccc45)NC(N3)C2C=C1.[Cu+2]. The molecule has 5 heterocycles. The molecule has 4 atom stereocenters. The molecule has 14 nitrogen and oxygen atoms in total. The molecule has 0 spiro atoms. The van der Waals surface area contributed by atoms with Gasteiger partial charge in [0.15, 0.2) is 0 Å². The van der Waals surface area contributed by atoms with E-state index in [-0.39, 0.29) is 38.7 Å². The van der Waals surface area contributed by atoms with E-state index >= 15 is 0 Å². The predicted octanol–water partition coefficient (Wildman–Crippen LogP) is 3.46. The van der Waals surface area contributed by atoms with E-state index in [1.807, 2.05) is 48.5 Å². The molecule has 4 unspecified atom stereocenters. The fourth-order valence-electron chi connectivity index (χ4n) is 6.90. The quantitative estimate of drug-likeness (QED) is 0.109. The molecule has 8 N–H and O–H groups in total. The van der Waals surface area contributed by atoms with Crippen LogP contribution in [0.2, 0.25) is 0 Å². The molecule has 5 aliphatic rings. The number of aromatic nitrogens is 2. The van der Waals surface area contributed by atoms with Crippen LogP contribution in [0.1, 0.15) is 0 Å². The van der Waals surface area contributed by atoms with Gasteiger partial charge < -0.3 is 41.9 Å². The van der Waals surface area contributed by atoms with E-state index in [2.05, 4.69) is 31.9 Å². The Bertz CT molecular complexity index is 2340. The fourth-order valence-corrected chi connectivity index (χ4v) is 7.96. The molecule has 2 aliphatic carbocycles. The van der Waals surface area contributed by atoms with Crippen LogP contribution in [-0.2, 0) is 37.3 Å². The molecule has 8 bridgehead atoms. The molecule has 0 saturated carbocycles. The first-order valence-corrected chi connectivity index (χ1v) is 17.8. The summed E-state index contributed by atoms with van der Waals surface area (Å²) in [5.41, 5.74) is 1.18. The van der Waals surface area contributed by atoms with Gasteiger partial charge in [-0.2, -0.15) is 16.8 Å². The van der Waals surface area contributed by atoms with E-state index in [0.717, 1.165) is 21.5 Å². The number of allylic oxidation sites excluding steroid dienone is 4. The number of nitrogens with zero attached hydrogens (tertiary/aromatic N) is 2. The normalized spacial score (nSPS) is 24.0. The van der Waals surface area contributed by atoms with Crippen molar-refractivity contribution >= 4 is 65.1 Å². The maximum Gasteiger partial charge on any atom is 2.00 e. The van der Waals surface area contributed by atoms with Gasteiger partial charge in [-0.25, -0.2) is 0 Å². The fraction of sp³-hybridized carbons (Fsp3) is 0.125. The summed E-state index contributed by atoms with van der Waals surface area (Å²) in [5, 5.41) is 23.9. The number of benzene rings is 2. The van der Waals surface area contributed by atoms with Gasteiger partial charge in [-0.1, -0.05) is 60.7 Å². The molecule has 0 saturated heterocycles. The first-order chi connectivity index (χ1) is 23.0. The Hall–Kier alpha value is -4.90. The van der Waals surface area contributed by atoms with Gasteiger partial charge in [0.2, 0.25) is 0 Å². The van der Waals surface area contributed by atoms with E-state index in [0.29, 0.717) is 46.1 Å². The minimum atomic E-state index is -4.48. The van der Waals surface area contributed by atoms with E-state index < -0.39 is 32.6 Å². The van der Waals surface area contributed by atoms with Crippen molar-refractivity contribution in [3.05, 3.63) is 118 Å². The number of fused-ring (bicyclic) bond motifs is 18. The molecule has 0 fully saturated rings. The van der Waals surface area contributed by atoms with Gasteiger partial charge >= 0.3 is 17.1 Å². The van der Waals surface area contributed by atoms with Crippen LogP contribution in [0.3, 0.4) is 0 Å². The van der Waals surface area contributed by atoms with Gasteiger partial charge in [0.25, 0.3) is 20.2 Å². The molecule has 3 aliphatic heterocycles. The molecular weight excluding hydrogens is 720 g/mol. The number of anilines is 4. The number of nitrogens with one attached hydrogen (secondary N) is 6. The third-order valence-corrected chi connectivity index (χ3v) is 10.8. The van der Waals surface area contributed by atoms with Crippen LogP contribution in [0, 0.1) is 11.8 Å². The topological polar surface area (TPSA) is 209 Å². The Morgan fingerprint density at radius 1 is 0.551 bits per heavy atom. The van der Waals surface area contributed by atoms with Crippen LogP contribution in [-0.4, -0.2) is 38.3 Å². The number of hydrogen-bond acceptors (Lipinski definition) is 10. The van der Waals surface area contributed by atoms with Crippen LogP contribution in [0.25, 0.3) is 21.5 Å². The van der Waals surface area contributed by atoms with Crippen molar-refractivity contribution < 1.29 is 43.0 Å². The average molecular weight is 746 g/mol. The molecule has 253 valence electrons. The Kier molecular flexibility index (Phi) is 7.08. The second-order valence-corrected chi connectivity index (χ2v) is 14.8. The van der Waals surface area contributed by atoms with Gasteiger partial charge in [-0.05, 0) is 57.0 Å². The Morgan fingerprint density at radius 2 is 0.918 bits per heavy atom. The summed E-state index contributed by atoms with van der Waals surface area (Å²) < 4.78 is 68.3. The average Bonchev–Trinajstić information content (AvgIpc) is 3.79. The van der Waals surface area contributed by atoms with Crippen LogP contribution < -0.4 is 41.9 Å².